The van der Waals surface area contributed by atoms with Crippen molar-refractivity contribution in [3.05, 3.63) is 12.2 Å². The number of rotatable bonds is 5. The maximum absolute atomic E-state index is 5.78. The lowest BCUT2D eigenvalue weighted by molar-refractivity contribution is 0.0615. The minimum Gasteiger partial charge on any atom is -0.376 e. The number of hydrogen-bond donors (Lipinski definition) is 1. The van der Waals surface area contributed by atoms with Crippen LogP contribution in [0, 0.1) is 5.92 Å². The first-order valence-corrected chi connectivity index (χ1v) is 5.64. The Morgan fingerprint density at radius 2 is 2.36 bits per heavy atom. The van der Waals surface area contributed by atoms with Gasteiger partial charge in [-0.05, 0) is 32.2 Å². The number of ether oxygens (including phenoxy) is 1. The molecule has 14 heavy (non-hydrogen) atoms. The van der Waals surface area contributed by atoms with Crippen molar-refractivity contribution in [3.8, 4) is 0 Å². The SMILES string of the molecule is C=C(C)CC(NCC)C1OCCC1C. The summed E-state index contributed by atoms with van der Waals surface area (Å²) in [6.45, 7) is 12.4. The molecule has 1 heterocycles. The summed E-state index contributed by atoms with van der Waals surface area (Å²) in [5.41, 5.74) is 1.23. The van der Waals surface area contributed by atoms with Crippen molar-refractivity contribution in [1.82, 2.24) is 5.32 Å². The van der Waals surface area contributed by atoms with Gasteiger partial charge in [-0.25, -0.2) is 0 Å². The second-order valence-corrected chi connectivity index (χ2v) is 4.43. The second kappa shape index (κ2) is 5.52. The van der Waals surface area contributed by atoms with Gasteiger partial charge >= 0.3 is 0 Å². The maximum atomic E-state index is 5.78. The minimum atomic E-state index is 0.381. The van der Waals surface area contributed by atoms with Gasteiger partial charge in [-0.1, -0.05) is 19.4 Å². The lowest BCUT2D eigenvalue weighted by Crippen LogP contribution is -2.42. The zero-order chi connectivity index (χ0) is 10.6. The van der Waals surface area contributed by atoms with Crippen LogP contribution in [0.15, 0.2) is 12.2 Å². The predicted octanol–water partition coefficient (Wildman–Crippen LogP) is 2.36. The van der Waals surface area contributed by atoms with Crippen LogP contribution in [0.1, 0.15) is 33.6 Å². The van der Waals surface area contributed by atoms with Crippen LogP contribution in [0.25, 0.3) is 0 Å². The zero-order valence-electron chi connectivity index (χ0n) is 9.68. The van der Waals surface area contributed by atoms with E-state index in [1.807, 2.05) is 0 Å². The Morgan fingerprint density at radius 1 is 1.64 bits per heavy atom. The van der Waals surface area contributed by atoms with Gasteiger partial charge in [0.05, 0.1) is 6.10 Å². The molecule has 3 atom stereocenters. The number of nitrogens with one attached hydrogen (secondary N) is 1. The van der Waals surface area contributed by atoms with Gasteiger partial charge in [-0.2, -0.15) is 0 Å². The van der Waals surface area contributed by atoms with E-state index in [1.54, 1.807) is 0 Å². The van der Waals surface area contributed by atoms with Gasteiger partial charge in [0, 0.05) is 12.6 Å². The molecule has 0 aliphatic carbocycles. The van der Waals surface area contributed by atoms with E-state index in [0.717, 1.165) is 19.6 Å². The molecule has 1 aliphatic heterocycles. The summed E-state index contributed by atoms with van der Waals surface area (Å²) in [5, 5.41) is 3.50. The fourth-order valence-electron chi connectivity index (χ4n) is 2.17. The summed E-state index contributed by atoms with van der Waals surface area (Å²) in [7, 11) is 0. The largest absolute Gasteiger partial charge is 0.376 e. The van der Waals surface area contributed by atoms with Crippen LogP contribution in [0.2, 0.25) is 0 Å². The highest BCUT2D eigenvalue weighted by molar-refractivity contribution is 4.97. The van der Waals surface area contributed by atoms with E-state index >= 15 is 0 Å². The molecule has 2 nitrogen and oxygen atoms in total. The minimum absolute atomic E-state index is 0.381. The van der Waals surface area contributed by atoms with Crippen LogP contribution in [-0.4, -0.2) is 25.3 Å². The summed E-state index contributed by atoms with van der Waals surface area (Å²) in [4.78, 5) is 0. The van der Waals surface area contributed by atoms with E-state index in [1.165, 1.54) is 12.0 Å². The number of likely N-dealkylation sites (N-methyl/N-ethyl adjacent to an activating group) is 1. The third-order valence-corrected chi connectivity index (χ3v) is 2.88. The molecule has 1 saturated heterocycles. The first-order chi connectivity index (χ1) is 6.65. The molecule has 0 spiro atoms. The first-order valence-electron chi connectivity index (χ1n) is 5.64. The van der Waals surface area contributed by atoms with Crippen molar-refractivity contribution in [3.63, 3.8) is 0 Å². The van der Waals surface area contributed by atoms with Crippen LogP contribution in [-0.2, 0) is 4.74 Å². The maximum Gasteiger partial charge on any atom is 0.0757 e. The summed E-state index contributed by atoms with van der Waals surface area (Å²) >= 11 is 0. The van der Waals surface area contributed by atoms with E-state index < -0.39 is 0 Å². The number of hydrogen-bond acceptors (Lipinski definition) is 2. The van der Waals surface area contributed by atoms with Gasteiger partial charge in [0.15, 0.2) is 0 Å². The highest BCUT2D eigenvalue weighted by atomic mass is 16.5. The zero-order valence-corrected chi connectivity index (χ0v) is 9.68. The molecule has 0 saturated carbocycles. The van der Waals surface area contributed by atoms with Gasteiger partial charge in [-0.15, -0.1) is 6.58 Å². The fourth-order valence-corrected chi connectivity index (χ4v) is 2.17. The fraction of sp³-hybridized carbons (Fsp3) is 0.833. The molecule has 82 valence electrons. The second-order valence-electron chi connectivity index (χ2n) is 4.43. The van der Waals surface area contributed by atoms with E-state index in [-0.39, 0.29) is 0 Å². The Kier molecular flexibility index (Phi) is 4.63. The average Bonchev–Trinajstić information content (AvgIpc) is 2.50. The molecule has 1 aliphatic rings. The monoisotopic (exact) mass is 197 g/mol. The highest BCUT2D eigenvalue weighted by Gasteiger charge is 2.31. The van der Waals surface area contributed by atoms with E-state index in [4.69, 9.17) is 4.74 Å². The Hall–Kier alpha value is -0.340. The van der Waals surface area contributed by atoms with Gasteiger partial charge in [-0.3, -0.25) is 0 Å². The van der Waals surface area contributed by atoms with Crippen molar-refractivity contribution >= 4 is 0 Å². The third-order valence-electron chi connectivity index (χ3n) is 2.88. The Balaban J connectivity index is 2.51. The normalized spacial score (nSPS) is 29.1. The van der Waals surface area contributed by atoms with Crippen molar-refractivity contribution in [2.75, 3.05) is 13.2 Å². The quantitative estimate of drug-likeness (QED) is 0.683. The summed E-state index contributed by atoms with van der Waals surface area (Å²) < 4.78 is 5.78. The molecule has 2 heteroatoms. The summed E-state index contributed by atoms with van der Waals surface area (Å²) in [5.74, 6) is 0.679. The van der Waals surface area contributed by atoms with E-state index in [2.05, 4.69) is 32.7 Å². The van der Waals surface area contributed by atoms with Gasteiger partial charge in [0.25, 0.3) is 0 Å². The van der Waals surface area contributed by atoms with Crippen molar-refractivity contribution in [1.29, 1.82) is 0 Å². The topological polar surface area (TPSA) is 21.3 Å². The Morgan fingerprint density at radius 3 is 2.79 bits per heavy atom. The van der Waals surface area contributed by atoms with Crippen LogP contribution in [0.5, 0.6) is 0 Å². The van der Waals surface area contributed by atoms with Crippen molar-refractivity contribution in [2.45, 2.75) is 45.8 Å². The van der Waals surface area contributed by atoms with E-state index in [0.29, 0.717) is 18.1 Å². The van der Waals surface area contributed by atoms with Crippen molar-refractivity contribution in [2.24, 2.45) is 5.92 Å². The molecule has 0 aromatic heterocycles. The van der Waals surface area contributed by atoms with Crippen LogP contribution >= 0.6 is 0 Å². The summed E-state index contributed by atoms with van der Waals surface area (Å²) in [6.07, 6.45) is 2.61. The lowest BCUT2D eigenvalue weighted by atomic mass is 9.93. The van der Waals surface area contributed by atoms with Gasteiger partial charge < -0.3 is 10.1 Å². The molecule has 1 fully saturated rings. The Bertz CT molecular complexity index is 191. The van der Waals surface area contributed by atoms with E-state index in [9.17, 15) is 0 Å². The Labute approximate surface area is 87.7 Å². The van der Waals surface area contributed by atoms with Crippen LogP contribution < -0.4 is 5.32 Å². The first kappa shape index (κ1) is 11.7. The van der Waals surface area contributed by atoms with Crippen molar-refractivity contribution < 1.29 is 4.74 Å². The molecule has 0 radical (unpaired) electrons. The molecule has 3 unspecified atom stereocenters. The molecule has 0 amide bonds. The molecular weight excluding hydrogens is 174 g/mol. The smallest absolute Gasteiger partial charge is 0.0757 e. The van der Waals surface area contributed by atoms with Crippen LogP contribution in [0.3, 0.4) is 0 Å². The summed E-state index contributed by atoms with van der Waals surface area (Å²) in [6, 6.07) is 0.454. The van der Waals surface area contributed by atoms with Crippen LogP contribution in [0.4, 0.5) is 0 Å². The average molecular weight is 197 g/mol. The van der Waals surface area contributed by atoms with Gasteiger partial charge in [0.2, 0.25) is 0 Å². The third kappa shape index (κ3) is 3.10. The molecule has 0 aromatic rings. The highest BCUT2D eigenvalue weighted by Crippen LogP contribution is 2.25. The molecule has 0 bridgehead atoms. The molecule has 1 rings (SSSR count). The predicted molar refractivity (Wildman–Crippen MR) is 60.4 cm³/mol. The molecule has 0 aromatic carbocycles. The standard InChI is InChI=1S/C12H23NO/c1-5-13-11(8-9(2)3)12-10(4)6-7-14-12/h10-13H,2,5-8H2,1,3-4H3. The van der Waals surface area contributed by atoms with Gasteiger partial charge in [0.1, 0.15) is 0 Å². The molecular formula is C12H23NO. The molecule has 1 N–H and O–H groups in total. The lowest BCUT2D eigenvalue weighted by Gasteiger charge is -2.27.